The molecule has 0 bridgehead atoms. The summed E-state index contributed by atoms with van der Waals surface area (Å²) in [5, 5.41) is 0. The van der Waals surface area contributed by atoms with E-state index in [9.17, 15) is 14.4 Å². The summed E-state index contributed by atoms with van der Waals surface area (Å²) in [5.41, 5.74) is 7.62. The molecule has 0 spiro atoms. The molecule has 0 radical (unpaired) electrons. The number of rotatable bonds is 14. The first-order valence-corrected chi connectivity index (χ1v) is 20.1. The Labute approximate surface area is 360 Å². The average Bonchev–Trinajstić information content (AvgIpc) is 3.29. The van der Waals surface area contributed by atoms with Crippen LogP contribution in [-0.4, -0.2) is 17.3 Å². The van der Waals surface area contributed by atoms with Gasteiger partial charge in [0.25, 0.3) is 0 Å². The molecule has 8 rings (SSSR count). The van der Waals surface area contributed by atoms with Gasteiger partial charge in [0.2, 0.25) is 0 Å². The Balaban J connectivity index is 0.807. The second-order valence-corrected chi connectivity index (χ2v) is 15.1. The quantitative estimate of drug-likeness (QED) is 0.101. The SMILES string of the molecule is Cc1ccc(C)c(C(=O)c2ccc(Oc3ccc(Oc4ccc(C(=O)c5ccc(Oc6ccc(Oc7ccc(C(=O)c8cc(C)ccc8C)cc7)cc6)cc5)cc4)cc3)cc2)c1. The van der Waals surface area contributed by atoms with Gasteiger partial charge >= 0.3 is 0 Å². The van der Waals surface area contributed by atoms with Gasteiger partial charge in [-0.1, -0.05) is 35.4 Å². The average molecular weight is 815 g/mol. The van der Waals surface area contributed by atoms with E-state index in [4.69, 9.17) is 18.9 Å². The Morgan fingerprint density at radius 1 is 0.274 bits per heavy atom. The van der Waals surface area contributed by atoms with E-state index in [1.807, 2.05) is 64.1 Å². The molecule has 8 aromatic carbocycles. The second-order valence-electron chi connectivity index (χ2n) is 15.1. The van der Waals surface area contributed by atoms with Crippen LogP contribution in [-0.2, 0) is 0 Å². The molecular weight excluding hydrogens is 773 g/mol. The van der Waals surface area contributed by atoms with Crippen molar-refractivity contribution < 1.29 is 33.3 Å². The number of ketones is 3. The van der Waals surface area contributed by atoms with E-state index in [1.165, 1.54) is 0 Å². The van der Waals surface area contributed by atoms with Crippen LogP contribution in [0.2, 0.25) is 0 Å². The highest BCUT2D eigenvalue weighted by Crippen LogP contribution is 2.30. The lowest BCUT2D eigenvalue weighted by atomic mass is 9.97. The zero-order valence-electron chi connectivity index (χ0n) is 34.7. The van der Waals surface area contributed by atoms with Gasteiger partial charge < -0.3 is 18.9 Å². The summed E-state index contributed by atoms with van der Waals surface area (Å²) < 4.78 is 24.1. The highest BCUT2D eigenvalue weighted by atomic mass is 16.5. The molecule has 0 saturated heterocycles. The van der Waals surface area contributed by atoms with Gasteiger partial charge in [-0.3, -0.25) is 14.4 Å². The lowest BCUT2D eigenvalue weighted by molar-refractivity contribution is 0.103. The van der Waals surface area contributed by atoms with Crippen molar-refractivity contribution in [2.24, 2.45) is 0 Å². The summed E-state index contributed by atoms with van der Waals surface area (Å²) in [6.45, 7) is 7.83. The normalized spacial score (nSPS) is 10.8. The van der Waals surface area contributed by atoms with Crippen LogP contribution in [0, 0.1) is 27.7 Å². The van der Waals surface area contributed by atoms with Crippen LogP contribution < -0.4 is 18.9 Å². The van der Waals surface area contributed by atoms with Crippen LogP contribution in [0.25, 0.3) is 0 Å². The number of carbonyl (C=O) groups is 3. The van der Waals surface area contributed by atoms with Gasteiger partial charge in [-0.05, 0) is 197 Å². The summed E-state index contributed by atoms with van der Waals surface area (Å²) in [6, 6.07) is 54.4. The molecule has 0 heterocycles. The molecule has 0 N–H and O–H groups in total. The fourth-order valence-electron chi connectivity index (χ4n) is 6.83. The molecule has 0 aliphatic rings. The van der Waals surface area contributed by atoms with Gasteiger partial charge in [0, 0.05) is 33.4 Å². The van der Waals surface area contributed by atoms with Crippen molar-refractivity contribution in [1.82, 2.24) is 0 Å². The fraction of sp³-hybridized carbons (Fsp3) is 0.0727. The summed E-state index contributed by atoms with van der Waals surface area (Å²) in [4.78, 5) is 39.4. The zero-order valence-corrected chi connectivity index (χ0v) is 34.7. The monoisotopic (exact) mass is 814 g/mol. The van der Waals surface area contributed by atoms with Crippen molar-refractivity contribution in [2.45, 2.75) is 27.7 Å². The van der Waals surface area contributed by atoms with Gasteiger partial charge in [0.15, 0.2) is 17.3 Å². The smallest absolute Gasteiger partial charge is 0.193 e. The molecule has 0 atom stereocenters. The third-order valence-electron chi connectivity index (χ3n) is 10.3. The Bertz CT molecular complexity index is 2680. The second kappa shape index (κ2) is 18.1. The Kier molecular flexibility index (Phi) is 11.9. The van der Waals surface area contributed by atoms with Crippen molar-refractivity contribution in [3.63, 3.8) is 0 Å². The predicted octanol–water partition coefficient (Wildman–Crippen LogP) is 13.8. The predicted molar refractivity (Wildman–Crippen MR) is 241 cm³/mol. The van der Waals surface area contributed by atoms with E-state index < -0.39 is 0 Å². The Hall–Kier alpha value is -8.03. The van der Waals surface area contributed by atoms with Crippen LogP contribution in [0.4, 0.5) is 0 Å². The lowest BCUT2D eigenvalue weighted by Crippen LogP contribution is -2.04. The Morgan fingerprint density at radius 3 is 0.726 bits per heavy atom. The van der Waals surface area contributed by atoms with Crippen molar-refractivity contribution in [2.75, 3.05) is 0 Å². The molecule has 0 amide bonds. The molecule has 0 unspecified atom stereocenters. The standard InChI is InChI=1S/C55H42O7/c1-35-5-7-37(3)51(33-35)54(57)41-13-21-45(22-14-41)61-49-29-25-47(26-30-49)59-43-17-9-39(10-18-43)53(56)40-11-19-44(20-12-40)60-48-27-31-50(32-28-48)62-46-23-15-42(16-24-46)55(58)52-34-36(2)6-8-38(52)4/h5-34H,1-4H3. The summed E-state index contributed by atoms with van der Waals surface area (Å²) >= 11 is 0. The number of hydrogen-bond acceptors (Lipinski definition) is 7. The molecule has 0 aliphatic carbocycles. The molecule has 7 heteroatoms. The number of hydrogen-bond donors (Lipinski definition) is 0. The maximum Gasteiger partial charge on any atom is 0.193 e. The molecule has 7 nitrogen and oxygen atoms in total. The van der Waals surface area contributed by atoms with E-state index in [-0.39, 0.29) is 17.3 Å². The lowest BCUT2D eigenvalue weighted by Gasteiger charge is -2.10. The first-order valence-electron chi connectivity index (χ1n) is 20.1. The largest absolute Gasteiger partial charge is 0.457 e. The first kappa shape index (κ1) is 40.7. The van der Waals surface area contributed by atoms with E-state index in [0.717, 1.165) is 22.3 Å². The minimum atomic E-state index is -0.128. The molecule has 62 heavy (non-hydrogen) atoms. The van der Waals surface area contributed by atoms with Crippen LogP contribution in [0.5, 0.6) is 46.0 Å². The van der Waals surface area contributed by atoms with Gasteiger partial charge in [0.1, 0.15) is 46.0 Å². The third kappa shape index (κ3) is 9.70. The molecule has 304 valence electrons. The minimum absolute atomic E-state index is 0.0198. The molecule has 0 fully saturated rings. The number of carbonyl (C=O) groups excluding carboxylic acids is 3. The van der Waals surface area contributed by atoms with Crippen LogP contribution >= 0.6 is 0 Å². The maximum absolute atomic E-state index is 13.3. The third-order valence-corrected chi connectivity index (χ3v) is 10.3. The highest BCUT2D eigenvalue weighted by molar-refractivity contribution is 6.11. The molecular formula is C55H42O7. The first-order chi connectivity index (χ1) is 30.0. The Morgan fingerprint density at radius 2 is 0.484 bits per heavy atom. The number of benzene rings is 8. The number of aryl methyl sites for hydroxylation is 4. The van der Waals surface area contributed by atoms with Crippen molar-refractivity contribution in [3.8, 4) is 46.0 Å². The molecule has 0 aromatic heterocycles. The van der Waals surface area contributed by atoms with Gasteiger partial charge in [-0.2, -0.15) is 0 Å². The topological polar surface area (TPSA) is 88.1 Å². The summed E-state index contributed by atoms with van der Waals surface area (Å²) in [5.74, 6) is 4.67. The van der Waals surface area contributed by atoms with Crippen LogP contribution in [0.15, 0.2) is 182 Å². The minimum Gasteiger partial charge on any atom is -0.457 e. The summed E-state index contributed by atoms with van der Waals surface area (Å²) in [6.07, 6.45) is 0. The van der Waals surface area contributed by atoms with Crippen molar-refractivity contribution >= 4 is 17.3 Å². The highest BCUT2D eigenvalue weighted by Gasteiger charge is 2.15. The van der Waals surface area contributed by atoms with E-state index in [0.29, 0.717) is 79.4 Å². The van der Waals surface area contributed by atoms with Gasteiger partial charge in [-0.15, -0.1) is 0 Å². The fourth-order valence-corrected chi connectivity index (χ4v) is 6.83. The maximum atomic E-state index is 13.3. The molecule has 0 aliphatic heterocycles. The van der Waals surface area contributed by atoms with Crippen LogP contribution in [0.1, 0.15) is 70.0 Å². The summed E-state index contributed by atoms with van der Waals surface area (Å²) in [7, 11) is 0. The zero-order chi connectivity index (χ0) is 43.2. The van der Waals surface area contributed by atoms with E-state index in [2.05, 4.69) is 0 Å². The molecule has 8 aromatic rings. The van der Waals surface area contributed by atoms with Crippen molar-refractivity contribution in [1.29, 1.82) is 0 Å². The number of ether oxygens (including phenoxy) is 4. The van der Waals surface area contributed by atoms with E-state index in [1.54, 1.807) is 146 Å². The van der Waals surface area contributed by atoms with Crippen molar-refractivity contribution in [3.05, 3.63) is 238 Å². The molecule has 0 saturated carbocycles. The van der Waals surface area contributed by atoms with Gasteiger partial charge in [0.05, 0.1) is 0 Å². The van der Waals surface area contributed by atoms with E-state index >= 15 is 0 Å². The van der Waals surface area contributed by atoms with Gasteiger partial charge in [-0.25, -0.2) is 0 Å². The van der Waals surface area contributed by atoms with Crippen LogP contribution in [0.3, 0.4) is 0 Å².